The van der Waals surface area contributed by atoms with E-state index < -0.39 is 29.6 Å². The maximum Gasteiger partial charge on any atom is 0.331 e. The Labute approximate surface area is 182 Å². The van der Waals surface area contributed by atoms with Crippen molar-refractivity contribution in [1.82, 2.24) is 10.6 Å². The lowest BCUT2D eigenvalue weighted by molar-refractivity contribution is -0.149. The van der Waals surface area contributed by atoms with Crippen LogP contribution in [-0.2, 0) is 20.9 Å². The summed E-state index contributed by atoms with van der Waals surface area (Å²) in [5.74, 6) is -0.686. The minimum atomic E-state index is -1.11. The first-order valence-electron chi connectivity index (χ1n) is 9.91. The lowest BCUT2D eigenvalue weighted by Crippen LogP contribution is -2.50. The fourth-order valence-electron chi connectivity index (χ4n) is 2.43. The van der Waals surface area contributed by atoms with Gasteiger partial charge in [0.15, 0.2) is 6.10 Å². The number of ether oxygens (including phenoxy) is 2. The summed E-state index contributed by atoms with van der Waals surface area (Å²) >= 11 is 0. The number of benzene rings is 2. The summed E-state index contributed by atoms with van der Waals surface area (Å²) in [5.41, 5.74) is 1.35. The fourth-order valence-corrected chi connectivity index (χ4v) is 2.43. The molecule has 2 N–H and O–H groups in total. The van der Waals surface area contributed by atoms with E-state index in [4.69, 9.17) is 9.47 Å². The van der Waals surface area contributed by atoms with Crippen molar-refractivity contribution in [3.8, 4) is 5.75 Å². The van der Waals surface area contributed by atoms with Gasteiger partial charge in [-0.2, -0.15) is 0 Å². The van der Waals surface area contributed by atoms with Crippen LogP contribution in [0.25, 0.3) is 6.08 Å². The number of amides is 3. The quantitative estimate of drug-likeness (QED) is 0.520. The molecule has 0 aliphatic carbocycles. The Morgan fingerprint density at radius 3 is 2.26 bits per heavy atom. The molecule has 0 saturated carbocycles. The van der Waals surface area contributed by atoms with Crippen LogP contribution in [0.4, 0.5) is 4.79 Å². The first-order chi connectivity index (χ1) is 14.6. The first kappa shape index (κ1) is 23.7. The van der Waals surface area contributed by atoms with E-state index in [0.29, 0.717) is 12.4 Å². The smallest absolute Gasteiger partial charge is 0.331 e. The van der Waals surface area contributed by atoms with E-state index in [1.807, 2.05) is 30.3 Å². The first-order valence-corrected chi connectivity index (χ1v) is 9.91. The number of urea groups is 1. The standard InChI is InChI=1S/C24H28N2O5/c1-17(22(28)25-23(29)26-24(2,3)4)31-21(27)15-12-18-10-13-20(14-11-18)30-16-19-8-6-5-7-9-19/h5-15,17H,16H2,1-4H3,(H2,25,26,28,29)/b15-12-/t17-/m0/s1. The minimum absolute atomic E-state index is 0.468. The van der Waals surface area contributed by atoms with Gasteiger partial charge in [-0.15, -0.1) is 0 Å². The maximum atomic E-state index is 12.0. The Balaban J connectivity index is 1.79. The second-order valence-corrected chi connectivity index (χ2v) is 7.95. The predicted molar refractivity (Wildman–Crippen MR) is 118 cm³/mol. The van der Waals surface area contributed by atoms with Crippen LogP contribution < -0.4 is 15.4 Å². The molecule has 2 aromatic carbocycles. The Morgan fingerprint density at radius 2 is 1.65 bits per heavy atom. The second kappa shape index (κ2) is 11.0. The molecule has 0 aliphatic rings. The van der Waals surface area contributed by atoms with Crippen molar-refractivity contribution in [1.29, 1.82) is 0 Å². The zero-order chi connectivity index (χ0) is 22.9. The van der Waals surface area contributed by atoms with Crippen LogP contribution in [0.3, 0.4) is 0 Å². The monoisotopic (exact) mass is 424 g/mol. The van der Waals surface area contributed by atoms with Gasteiger partial charge in [-0.3, -0.25) is 10.1 Å². The van der Waals surface area contributed by atoms with Crippen LogP contribution >= 0.6 is 0 Å². The van der Waals surface area contributed by atoms with Crippen molar-refractivity contribution in [2.45, 2.75) is 45.9 Å². The van der Waals surface area contributed by atoms with Crippen molar-refractivity contribution in [2.75, 3.05) is 0 Å². The Morgan fingerprint density at radius 1 is 1.00 bits per heavy atom. The molecule has 164 valence electrons. The molecule has 0 aliphatic heterocycles. The van der Waals surface area contributed by atoms with Gasteiger partial charge < -0.3 is 14.8 Å². The van der Waals surface area contributed by atoms with Gasteiger partial charge >= 0.3 is 12.0 Å². The van der Waals surface area contributed by atoms with Gasteiger partial charge in [0.25, 0.3) is 5.91 Å². The largest absolute Gasteiger partial charge is 0.489 e. The molecule has 0 heterocycles. The lowest BCUT2D eigenvalue weighted by atomic mass is 10.1. The fraction of sp³-hybridized carbons (Fsp3) is 0.292. The molecule has 0 aromatic heterocycles. The summed E-state index contributed by atoms with van der Waals surface area (Å²) in [6, 6.07) is 16.4. The van der Waals surface area contributed by atoms with Crippen molar-refractivity contribution in [2.24, 2.45) is 0 Å². The molecule has 2 rings (SSSR count). The lowest BCUT2D eigenvalue weighted by Gasteiger charge is -2.21. The number of hydrogen-bond acceptors (Lipinski definition) is 5. The van der Waals surface area contributed by atoms with Gasteiger partial charge in [0, 0.05) is 11.6 Å². The molecule has 0 spiro atoms. The summed E-state index contributed by atoms with van der Waals surface area (Å²) in [7, 11) is 0. The van der Waals surface area contributed by atoms with Gasteiger partial charge in [0.05, 0.1) is 0 Å². The predicted octanol–water partition coefficient (Wildman–Crippen LogP) is 3.83. The highest BCUT2D eigenvalue weighted by molar-refractivity contribution is 5.98. The molecule has 0 unspecified atom stereocenters. The highest BCUT2D eigenvalue weighted by Crippen LogP contribution is 2.15. The molecule has 0 saturated heterocycles. The third-order valence-electron chi connectivity index (χ3n) is 3.93. The highest BCUT2D eigenvalue weighted by atomic mass is 16.5. The second-order valence-electron chi connectivity index (χ2n) is 7.95. The van der Waals surface area contributed by atoms with E-state index in [-0.39, 0.29) is 0 Å². The average molecular weight is 424 g/mol. The van der Waals surface area contributed by atoms with Crippen LogP contribution in [0.5, 0.6) is 5.75 Å². The van der Waals surface area contributed by atoms with E-state index in [9.17, 15) is 14.4 Å². The van der Waals surface area contributed by atoms with Crippen LogP contribution in [-0.4, -0.2) is 29.6 Å². The molecule has 0 bridgehead atoms. The summed E-state index contributed by atoms with van der Waals surface area (Å²) in [4.78, 5) is 35.6. The summed E-state index contributed by atoms with van der Waals surface area (Å²) in [6.07, 6.45) is 1.68. The van der Waals surface area contributed by atoms with E-state index in [1.165, 1.54) is 13.0 Å². The summed E-state index contributed by atoms with van der Waals surface area (Å²) in [6.45, 7) is 7.22. The number of carbonyl (C=O) groups excluding carboxylic acids is 3. The molecule has 1 atom stereocenters. The maximum absolute atomic E-state index is 12.0. The van der Waals surface area contributed by atoms with E-state index in [1.54, 1.807) is 51.1 Å². The van der Waals surface area contributed by atoms with E-state index in [0.717, 1.165) is 11.1 Å². The molecule has 0 fully saturated rings. The van der Waals surface area contributed by atoms with Gasteiger partial charge in [0.2, 0.25) is 0 Å². The Bertz CT molecular complexity index is 915. The van der Waals surface area contributed by atoms with Crippen molar-refractivity contribution >= 4 is 24.0 Å². The zero-order valence-electron chi connectivity index (χ0n) is 18.2. The van der Waals surface area contributed by atoms with Crippen LogP contribution in [0.1, 0.15) is 38.8 Å². The minimum Gasteiger partial charge on any atom is -0.489 e. The number of esters is 1. The molecule has 2 aromatic rings. The van der Waals surface area contributed by atoms with Crippen LogP contribution in [0.2, 0.25) is 0 Å². The normalized spacial score (nSPS) is 12.1. The number of rotatable bonds is 7. The zero-order valence-corrected chi connectivity index (χ0v) is 18.2. The molecule has 31 heavy (non-hydrogen) atoms. The van der Waals surface area contributed by atoms with Gasteiger partial charge in [-0.25, -0.2) is 9.59 Å². The topological polar surface area (TPSA) is 93.7 Å². The average Bonchev–Trinajstić information content (AvgIpc) is 2.70. The third-order valence-corrected chi connectivity index (χ3v) is 3.93. The van der Waals surface area contributed by atoms with Gasteiger partial charge in [0.1, 0.15) is 12.4 Å². The number of hydrogen-bond donors (Lipinski definition) is 2. The Hall–Kier alpha value is -3.61. The SMILES string of the molecule is C[C@H](OC(=O)/C=C\c1ccc(OCc2ccccc2)cc1)C(=O)NC(=O)NC(C)(C)C. The molecule has 3 amide bonds. The summed E-state index contributed by atoms with van der Waals surface area (Å²) < 4.78 is 10.8. The molecule has 7 heteroatoms. The van der Waals surface area contributed by atoms with E-state index >= 15 is 0 Å². The molecular formula is C24H28N2O5. The van der Waals surface area contributed by atoms with Crippen molar-refractivity contribution < 1.29 is 23.9 Å². The third kappa shape index (κ3) is 9.16. The van der Waals surface area contributed by atoms with E-state index in [2.05, 4.69) is 10.6 Å². The van der Waals surface area contributed by atoms with Crippen molar-refractivity contribution in [3.63, 3.8) is 0 Å². The van der Waals surface area contributed by atoms with Crippen LogP contribution in [0, 0.1) is 0 Å². The summed E-state index contributed by atoms with van der Waals surface area (Å²) in [5, 5.41) is 4.73. The van der Waals surface area contributed by atoms with Crippen molar-refractivity contribution in [3.05, 3.63) is 71.8 Å². The molecular weight excluding hydrogens is 396 g/mol. The number of carbonyl (C=O) groups is 3. The van der Waals surface area contributed by atoms with Crippen LogP contribution in [0.15, 0.2) is 60.7 Å². The van der Waals surface area contributed by atoms with Gasteiger partial charge in [-0.1, -0.05) is 42.5 Å². The highest BCUT2D eigenvalue weighted by Gasteiger charge is 2.21. The Kier molecular flexibility index (Phi) is 8.37. The number of nitrogens with one attached hydrogen (secondary N) is 2. The number of imide groups is 1. The molecule has 0 radical (unpaired) electrons. The molecule has 7 nitrogen and oxygen atoms in total. The van der Waals surface area contributed by atoms with Gasteiger partial charge in [-0.05, 0) is 57.0 Å².